The summed E-state index contributed by atoms with van der Waals surface area (Å²) in [6, 6.07) is 4.45. The van der Waals surface area contributed by atoms with Crippen LogP contribution < -0.4 is 0 Å². The average Bonchev–Trinajstić information content (AvgIpc) is 3.20. The summed E-state index contributed by atoms with van der Waals surface area (Å²) in [6.45, 7) is 5.97. The van der Waals surface area contributed by atoms with E-state index in [-0.39, 0.29) is 42.1 Å². The van der Waals surface area contributed by atoms with Gasteiger partial charge in [0.15, 0.2) is 5.82 Å². The molecule has 2 heterocycles. The van der Waals surface area contributed by atoms with E-state index in [9.17, 15) is 24.1 Å². The van der Waals surface area contributed by atoms with E-state index < -0.39 is 22.8 Å². The number of esters is 1. The lowest BCUT2D eigenvalue weighted by atomic mass is 10.0. The molecular formula is C21H23FN4O5. The summed E-state index contributed by atoms with van der Waals surface area (Å²) in [7, 11) is 0. The number of ether oxygens (including phenoxy) is 1. The molecule has 1 aromatic carbocycles. The highest BCUT2D eigenvalue weighted by molar-refractivity contribution is 5.94. The molecule has 1 atom stereocenters. The molecule has 1 aromatic heterocycles. The highest BCUT2D eigenvalue weighted by Gasteiger charge is 2.36. The number of amides is 1. The third kappa shape index (κ3) is 4.96. The van der Waals surface area contributed by atoms with E-state index in [1.807, 2.05) is 13.8 Å². The average molecular weight is 430 g/mol. The highest BCUT2D eigenvalue weighted by Crippen LogP contribution is 2.28. The van der Waals surface area contributed by atoms with Gasteiger partial charge in [0.2, 0.25) is 0 Å². The number of carbonyl (C=O) groups excluding carboxylic acids is 2. The third-order valence-corrected chi connectivity index (χ3v) is 5.02. The number of aryl methyl sites for hydroxylation is 1. The Morgan fingerprint density at radius 3 is 2.58 bits per heavy atom. The van der Waals surface area contributed by atoms with Gasteiger partial charge in [0.25, 0.3) is 5.91 Å². The Balaban J connectivity index is 1.76. The molecule has 0 radical (unpaired) electrons. The van der Waals surface area contributed by atoms with Gasteiger partial charge in [-0.2, -0.15) is 0 Å². The molecule has 0 fully saturated rings. The Labute approximate surface area is 178 Å². The summed E-state index contributed by atoms with van der Waals surface area (Å²) in [6.07, 6.45) is 2.99. The number of benzene rings is 1. The molecule has 2 aromatic rings. The Morgan fingerprint density at radius 2 is 1.97 bits per heavy atom. The molecule has 1 aliphatic rings. The van der Waals surface area contributed by atoms with E-state index in [1.165, 1.54) is 33.9 Å². The van der Waals surface area contributed by atoms with Crippen molar-refractivity contribution in [2.45, 2.75) is 39.8 Å². The van der Waals surface area contributed by atoms with Gasteiger partial charge in [0, 0.05) is 13.0 Å². The van der Waals surface area contributed by atoms with Gasteiger partial charge < -0.3 is 19.8 Å². The molecule has 0 bridgehead atoms. The van der Waals surface area contributed by atoms with Crippen molar-refractivity contribution >= 4 is 17.7 Å². The van der Waals surface area contributed by atoms with Gasteiger partial charge in [-0.15, -0.1) is 0 Å². The van der Waals surface area contributed by atoms with Crippen LogP contribution in [0.25, 0.3) is 0 Å². The number of halogens is 1. The molecule has 0 saturated heterocycles. The van der Waals surface area contributed by atoms with E-state index in [2.05, 4.69) is 4.98 Å². The molecule has 0 N–H and O–H groups in total. The van der Waals surface area contributed by atoms with Gasteiger partial charge in [-0.1, -0.05) is 13.8 Å². The van der Waals surface area contributed by atoms with Crippen LogP contribution in [0.3, 0.4) is 0 Å². The summed E-state index contributed by atoms with van der Waals surface area (Å²) in [4.78, 5) is 41.3. The first-order valence-electron chi connectivity index (χ1n) is 9.83. The van der Waals surface area contributed by atoms with Crippen molar-refractivity contribution in [1.82, 2.24) is 14.5 Å². The summed E-state index contributed by atoms with van der Waals surface area (Å²) in [5.74, 6) is -0.779. The standard InChI is InChI=1S/C21H23FN4O5/c1-13(2)10-17-18(31-21(28)15-4-6-16(22)7-5-15)11-20(27)25(17)9-8-24-14(3)23-12-19(24)26(29)30/h4-7,11-13,17H,8-10H2,1-3H3. The minimum absolute atomic E-state index is 0.152. The van der Waals surface area contributed by atoms with Gasteiger partial charge in [-0.25, -0.2) is 18.7 Å². The van der Waals surface area contributed by atoms with Gasteiger partial charge in [0.05, 0.1) is 18.2 Å². The number of carbonyl (C=O) groups is 2. The zero-order valence-corrected chi connectivity index (χ0v) is 17.4. The molecule has 31 heavy (non-hydrogen) atoms. The third-order valence-electron chi connectivity index (χ3n) is 5.02. The van der Waals surface area contributed by atoms with Gasteiger partial charge in [-0.3, -0.25) is 4.79 Å². The maximum absolute atomic E-state index is 13.1. The summed E-state index contributed by atoms with van der Waals surface area (Å²) >= 11 is 0. The fraction of sp³-hybridized carbons (Fsp3) is 0.381. The first-order chi connectivity index (χ1) is 14.7. The predicted octanol–water partition coefficient (Wildman–Crippen LogP) is 3.24. The summed E-state index contributed by atoms with van der Waals surface area (Å²) in [5.41, 5.74) is 0.168. The lowest BCUT2D eigenvalue weighted by Crippen LogP contribution is -2.39. The maximum atomic E-state index is 13.1. The fourth-order valence-corrected chi connectivity index (χ4v) is 3.50. The number of hydrogen-bond donors (Lipinski definition) is 0. The Kier molecular flexibility index (Phi) is 6.47. The van der Waals surface area contributed by atoms with E-state index in [1.54, 1.807) is 6.92 Å². The minimum Gasteiger partial charge on any atom is -0.425 e. The lowest BCUT2D eigenvalue weighted by molar-refractivity contribution is -0.392. The summed E-state index contributed by atoms with van der Waals surface area (Å²) in [5, 5.41) is 11.2. The molecule has 164 valence electrons. The van der Waals surface area contributed by atoms with Crippen LogP contribution in [0, 0.1) is 28.8 Å². The van der Waals surface area contributed by atoms with E-state index in [0.29, 0.717) is 12.2 Å². The van der Waals surface area contributed by atoms with E-state index in [0.717, 1.165) is 12.1 Å². The molecule has 0 spiro atoms. The van der Waals surface area contributed by atoms with Crippen molar-refractivity contribution in [1.29, 1.82) is 0 Å². The maximum Gasteiger partial charge on any atom is 0.343 e. The molecule has 1 amide bonds. The van der Waals surface area contributed by atoms with Crippen LogP contribution in [-0.4, -0.2) is 43.8 Å². The molecule has 1 unspecified atom stereocenters. The van der Waals surface area contributed by atoms with Crippen LogP contribution in [0.5, 0.6) is 0 Å². The van der Waals surface area contributed by atoms with Crippen LogP contribution in [0.2, 0.25) is 0 Å². The van der Waals surface area contributed by atoms with Crippen LogP contribution in [0.4, 0.5) is 10.2 Å². The van der Waals surface area contributed by atoms with E-state index in [4.69, 9.17) is 4.74 Å². The summed E-state index contributed by atoms with van der Waals surface area (Å²) < 4.78 is 20.0. The van der Waals surface area contributed by atoms with Gasteiger partial charge in [0.1, 0.15) is 24.3 Å². The number of aromatic nitrogens is 2. The number of imidazole rings is 1. The second kappa shape index (κ2) is 9.07. The highest BCUT2D eigenvalue weighted by atomic mass is 19.1. The molecule has 10 heteroatoms. The van der Waals surface area contributed by atoms with Crippen molar-refractivity contribution in [2.24, 2.45) is 5.92 Å². The quantitative estimate of drug-likeness (QED) is 0.361. The number of rotatable bonds is 8. The predicted molar refractivity (Wildman–Crippen MR) is 108 cm³/mol. The fourth-order valence-electron chi connectivity index (χ4n) is 3.50. The lowest BCUT2D eigenvalue weighted by Gasteiger charge is -2.27. The Hall–Kier alpha value is -3.56. The molecule has 0 aliphatic carbocycles. The van der Waals surface area contributed by atoms with Crippen molar-refractivity contribution in [2.75, 3.05) is 6.54 Å². The largest absolute Gasteiger partial charge is 0.425 e. The number of hydrogen-bond acceptors (Lipinski definition) is 6. The van der Waals surface area contributed by atoms with Gasteiger partial charge >= 0.3 is 11.8 Å². The van der Waals surface area contributed by atoms with Crippen LogP contribution in [0.1, 0.15) is 36.5 Å². The normalized spacial score (nSPS) is 16.0. The Morgan fingerprint density at radius 1 is 1.29 bits per heavy atom. The first-order valence-corrected chi connectivity index (χ1v) is 9.83. The van der Waals surface area contributed by atoms with Crippen molar-refractivity contribution < 1.29 is 23.6 Å². The zero-order chi connectivity index (χ0) is 22.7. The van der Waals surface area contributed by atoms with Gasteiger partial charge in [-0.05, 0) is 41.5 Å². The molecule has 3 rings (SSSR count). The topological polar surface area (TPSA) is 108 Å². The second-order valence-electron chi connectivity index (χ2n) is 7.69. The molecule has 9 nitrogen and oxygen atoms in total. The van der Waals surface area contributed by atoms with Crippen LogP contribution in [-0.2, 0) is 16.1 Å². The minimum atomic E-state index is -0.684. The number of nitro groups is 1. The Bertz CT molecular complexity index is 1030. The number of nitrogens with zero attached hydrogens (tertiary/aromatic N) is 4. The van der Waals surface area contributed by atoms with E-state index >= 15 is 0 Å². The smallest absolute Gasteiger partial charge is 0.343 e. The first kappa shape index (κ1) is 22.1. The monoisotopic (exact) mass is 430 g/mol. The molecule has 0 saturated carbocycles. The van der Waals surface area contributed by atoms with Crippen molar-refractivity contribution in [3.8, 4) is 0 Å². The van der Waals surface area contributed by atoms with Crippen molar-refractivity contribution in [3.05, 3.63) is 69.6 Å². The zero-order valence-electron chi connectivity index (χ0n) is 17.4. The molecular weight excluding hydrogens is 407 g/mol. The van der Waals surface area contributed by atoms with Crippen LogP contribution >= 0.6 is 0 Å². The van der Waals surface area contributed by atoms with Crippen LogP contribution in [0.15, 0.2) is 42.3 Å². The van der Waals surface area contributed by atoms with Crippen molar-refractivity contribution in [3.63, 3.8) is 0 Å². The molecule has 1 aliphatic heterocycles. The second-order valence-corrected chi connectivity index (χ2v) is 7.69. The SMILES string of the molecule is Cc1ncc([N+](=O)[O-])n1CCN1C(=O)C=C(OC(=O)c2ccc(F)cc2)C1CC(C)C.